The minimum atomic E-state index is -0.298. The summed E-state index contributed by atoms with van der Waals surface area (Å²) in [4.78, 5) is 15.1. The Morgan fingerprint density at radius 2 is 1.57 bits per heavy atom. The normalized spacial score (nSPS) is 16.0. The van der Waals surface area contributed by atoms with Crippen LogP contribution in [0.5, 0.6) is 0 Å². The summed E-state index contributed by atoms with van der Waals surface area (Å²) >= 11 is 5.97. The summed E-state index contributed by atoms with van der Waals surface area (Å²) in [5.41, 5.74) is 3.03. The molecule has 2 nitrogen and oxygen atoms in total. The first kappa shape index (κ1) is 18.2. The summed E-state index contributed by atoms with van der Waals surface area (Å²) in [6.07, 6.45) is 5.72. The van der Waals surface area contributed by atoms with Crippen molar-refractivity contribution in [3.63, 3.8) is 0 Å². The second-order valence-electron chi connectivity index (χ2n) is 6.53. The van der Waals surface area contributed by atoms with Crippen molar-refractivity contribution in [2.45, 2.75) is 5.92 Å². The molecule has 1 aliphatic heterocycles. The van der Waals surface area contributed by atoms with Gasteiger partial charge in [-0.2, -0.15) is 0 Å². The number of Topliss-reactive ketones (excluding diaryl/α,β-unsaturated/α-hetero) is 1. The van der Waals surface area contributed by atoms with Gasteiger partial charge in [0, 0.05) is 40.2 Å². The lowest BCUT2D eigenvalue weighted by Crippen LogP contribution is -2.21. The zero-order valence-electron chi connectivity index (χ0n) is 14.9. The first-order chi connectivity index (χ1) is 13.6. The van der Waals surface area contributed by atoms with E-state index in [2.05, 4.69) is 0 Å². The molecule has 1 unspecified atom stereocenters. The molecular formula is C24H17ClFNO. The van der Waals surface area contributed by atoms with Crippen molar-refractivity contribution in [3.8, 4) is 0 Å². The van der Waals surface area contributed by atoms with Gasteiger partial charge in [-0.05, 0) is 54.1 Å². The van der Waals surface area contributed by atoms with E-state index in [1.807, 2.05) is 53.7 Å². The van der Waals surface area contributed by atoms with Gasteiger partial charge in [0.2, 0.25) is 0 Å². The van der Waals surface area contributed by atoms with E-state index in [1.54, 1.807) is 36.4 Å². The predicted octanol–water partition coefficient (Wildman–Crippen LogP) is 6.36. The molecule has 3 aromatic rings. The molecule has 0 N–H and O–H groups in total. The van der Waals surface area contributed by atoms with Crippen molar-refractivity contribution in [1.82, 2.24) is 0 Å². The van der Waals surface area contributed by atoms with Crippen LogP contribution in [0.25, 0.3) is 0 Å². The molecule has 0 saturated carbocycles. The molecule has 0 bridgehead atoms. The van der Waals surface area contributed by atoms with Crippen LogP contribution in [-0.4, -0.2) is 5.78 Å². The lowest BCUT2D eigenvalue weighted by atomic mass is 9.85. The van der Waals surface area contributed by atoms with Gasteiger partial charge in [0.15, 0.2) is 5.78 Å². The fourth-order valence-electron chi connectivity index (χ4n) is 3.25. The summed E-state index contributed by atoms with van der Waals surface area (Å²) < 4.78 is 13.3. The van der Waals surface area contributed by atoms with E-state index in [1.165, 1.54) is 12.1 Å². The second kappa shape index (κ2) is 7.83. The Morgan fingerprint density at radius 1 is 0.893 bits per heavy atom. The Hall–Kier alpha value is -3.17. The van der Waals surface area contributed by atoms with Crippen LogP contribution in [0.15, 0.2) is 103 Å². The van der Waals surface area contributed by atoms with Gasteiger partial charge in [-0.1, -0.05) is 48.0 Å². The Morgan fingerprint density at radius 3 is 2.25 bits per heavy atom. The van der Waals surface area contributed by atoms with Crippen LogP contribution in [0.1, 0.15) is 21.8 Å². The number of benzene rings is 3. The van der Waals surface area contributed by atoms with Crippen LogP contribution in [0.3, 0.4) is 0 Å². The molecule has 3 aromatic carbocycles. The minimum Gasteiger partial charge on any atom is -0.324 e. The van der Waals surface area contributed by atoms with E-state index in [-0.39, 0.29) is 17.5 Å². The molecule has 0 radical (unpaired) electrons. The smallest absolute Gasteiger partial charge is 0.191 e. The third kappa shape index (κ3) is 3.75. The van der Waals surface area contributed by atoms with Gasteiger partial charge < -0.3 is 4.90 Å². The molecule has 0 amide bonds. The van der Waals surface area contributed by atoms with Crippen molar-refractivity contribution in [2.75, 3.05) is 4.90 Å². The predicted molar refractivity (Wildman–Crippen MR) is 111 cm³/mol. The van der Waals surface area contributed by atoms with Gasteiger partial charge in [0.05, 0.1) is 0 Å². The highest BCUT2D eigenvalue weighted by atomic mass is 35.5. The molecule has 1 atom stereocenters. The summed E-state index contributed by atoms with van der Waals surface area (Å²) in [6.45, 7) is 0. The topological polar surface area (TPSA) is 20.3 Å². The quantitative estimate of drug-likeness (QED) is 0.483. The number of carbonyl (C=O) groups is 1. The van der Waals surface area contributed by atoms with Gasteiger partial charge in [-0.3, -0.25) is 4.79 Å². The molecule has 4 heteroatoms. The number of allylic oxidation sites excluding steroid dienone is 2. The summed E-state index contributed by atoms with van der Waals surface area (Å²) in [5, 5.41) is 0.585. The van der Waals surface area contributed by atoms with E-state index in [0.29, 0.717) is 16.2 Å². The number of halogens is 2. The summed E-state index contributed by atoms with van der Waals surface area (Å²) in [6, 6.07) is 22.9. The van der Waals surface area contributed by atoms with Crippen molar-refractivity contribution < 1.29 is 9.18 Å². The van der Waals surface area contributed by atoms with Crippen molar-refractivity contribution in [3.05, 3.63) is 125 Å². The zero-order chi connectivity index (χ0) is 19.5. The lowest BCUT2D eigenvalue weighted by molar-refractivity contribution is 0.102. The van der Waals surface area contributed by atoms with Crippen LogP contribution < -0.4 is 4.90 Å². The molecule has 0 aliphatic carbocycles. The zero-order valence-corrected chi connectivity index (χ0v) is 15.7. The highest BCUT2D eigenvalue weighted by molar-refractivity contribution is 6.30. The fraction of sp³-hybridized carbons (Fsp3) is 0.0417. The van der Waals surface area contributed by atoms with Crippen molar-refractivity contribution in [1.29, 1.82) is 0 Å². The SMILES string of the molecule is O=C(C1=CN(c2ccc(F)cc2)C=CC1c1ccccc1)c1ccc(Cl)cc1. The number of anilines is 1. The third-order valence-electron chi connectivity index (χ3n) is 4.70. The molecule has 0 aromatic heterocycles. The molecule has 4 rings (SSSR count). The van der Waals surface area contributed by atoms with E-state index >= 15 is 0 Å². The fourth-order valence-corrected chi connectivity index (χ4v) is 3.37. The van der Waals surface area contributed by atoms with Gasteiger partial charge in [-0.15, -0.1) is 0 Å². The van der Waals surface area contributed by atoms with Gasteiger partial charge in [0.1, 0.15) is 5.82 Å². The molecule has 0 saturated heterocycles. The monoisotopic (exact) mass is 389 g/mol. The number of nitrogens with zero attached hydrogens (tertiary/aromatic N) is 1. The number of hydrogen-bond acceptors (Lipinski definition) is 2. The van der Waals surface area contributed by atoms with Gasteiger partial charge in [-0.25, -0.2) is 4.39 Å². The lowest BCUT2D eigenvalue weighted by Gasteiger charge is -2.27. The third-order valence-corrected chi connectivity index (χ3v) is 4.96. The Bertz CT molecular complexity index is 1040. The van der Waals surface area contributed by atoms with Crippen LogP contribution >= 0.6 is 11.6 Å². The Kier molecular flexibility index (Phi) is 5.09. The van der Waals surface area contributed by atoms with Crippen LogP contribution in [0.2, 0.25) is 5.02 Å². The number of carbonyl (C=O) groups excluding carboxylic acids is 1. The second-order valence-corrected chi connectivity index (χ2v) is 6.97. The highest BCUT2D eigenvalue weighted by Crippen LogP contribution is 2.34. The molecule has 0 spiro atoms. The van der Waals surface area contributed by atoms with Crippen LogP contribution in [0.4, 0.5) is 10.1 Å². The molecular weight excluding hydrogens is 373 g/mol. The number of ketones is 1. The molecule has 1 heterocycles. The Labute approximate surface area is 168 Å². The molecule has 138 valence electrons. The average molecular weight is 390 g/mol. The van der Waals surface area contributed by atoms with Crippen molar-refractivity contribution in [2.24, 2.45) is 0 Å². The van der Waals surface area contributed by atoms with E-state index in [4.69, 9.17) is 11.6 Å². The largest absolute Gasteiger partial charge is 0.324 e. The molecule has 0 fully saturated rings. The van der Waals surface area contributed by atoms with Gasteiger partial charge >= 0.3 is 0 Å². The average Bonchev–Trinajstić information content (AvgIpc) is 2.74. The maximum Gasteiger partial charge on any atom is 0.191 e. The molecule has 28 heavy (non-hydrogen) atoms. The maximum absolute atomic E-state index is 13.3. The van der Waals surface area contributed by atoms with Crippen LogP contribution in [-0.2, 0) is 0 Å². The number of rotatable bonds is 4. The summed E-state index contributed by atoms with van der Waals surface area (Å²) in [7, 11) is 0. The van der Waals surface area contributed by atoms with E-state index < -0.39 is 0 Å². The Balaban J connectivity index is 1.75. The minimum absolute atomic E-state index is 0.0676. The number of hydrogen-bond donors (Lipinski definition) is 0. The maximum atomic E-state index is 13.3. The van der Waals surface area contributed by atoms with E-state index in [9.17, 15) is 9.18 Å². The summed E-state index contributed by atoms with van der Waals surface area (Å²) in [5.74, 6) is -0.531. The van der Waals surface area contributed by atoms with Gasteiger partial charge in [0.25, 0.3) is 0 Å². The highest BCUT2D eigenvalue weighted by Gasteiger charge is 2.25. The first-order valence-corrected chi connectivity index (χ1v) is 9.29. The first-order valence-electron chi connectivity index (χ1n) is 8.91. The standard InChI is InChI=1S/C24H17ClFNO/c25-19-8-6-18(7-9-19)24(28)23-16-27(21-12-10-20(26)11-13-21)15-14-22(23)17-4-2-1-3-5-17/h1-16,22H. The molecule has 1 aliphatic rings. The van der Waals surface area contributed by atoms with Crippen LogP contribution in [0, 0.1) is 5.82 Å². The van der Waals surface area contributed by atoms with E-state index in [0.717, 1.165) is 11.3 Å². The van der Waals surface area contributed by atoms with Crippen molar-refractivity contribution >= 4 is 23.1 Å².